The number of nitrogens with zero attached hydrogens (tertiary/aromatic N) is 1. The van der Waals surface area contributed by atoms with Crippen LogP contribution in [0.1, 0.15) is 10.6 Å². The van der Waals surface area contributed by atoms with Crippen molar-refractivity contribution in [1.82, 2.24) is 4.98 Å². The number of hydrogen-bond acceptors (Lipinski definition) is 3. The van der Waals surface area contributed by atoms with Crippen molar-refractivity contribution in [2.75, 3.05) is 0 Å². The first kappa shape index (κ1) is 12.1. The number of carboxylic acid groups (broad SMARTS) is 1. The van der Waals surface area contributed by atoms with Crippen LogP contribution in [0.2, 0.25) is 5.02 Å². The molecule has 5 heteroatoms. The van der Waals surface area contributed by atoms with Gasteiger partial charge in [0.1, 0.15) is 5.01 Å². The van der Waals surface area contributed by atoms with Crippen molar-refractivity contribution in [2.45, 2.75) is 13.3 Å². The summed E-state index contributed by atoms with van der Waals surface area (Å²) in [4.78, 5) is 14.9. The summed E-state index contributed by atoms with van der Waals surface area (Å²) in [6.45, 7) is 1.98. The van der Waals surface area contributed by atoms with Crippen LogP contribution in [0, 0.1) is 6.92 Å². The lowest BCUT2D eigenvalue weighted by Gasteiger charge is -2.01. The van der Waals surface area contributed by atoms with Gasteiger partial charge >= 0.3 is 5.97 Å². The predicted octanol–water partition coefficient (Wildman–Crippen LogP) is 3.40. The van der Waals surface area contributed by atoms with E-state index < -0.39 is 5.97 Å². The second-order valence-electron chi connectivity index (χ2n) is 3.68. The van der Waals surface area contributed by atoms with Gasteiger partial charge in [-0.25, -0.2) is 4.98 Å². The molecule has 17 heavy (non-hydrogen) atoms. The molecule has 1 aromatic carbocycles. The molecule has 0 fully saturated rings. The van der Waals surface area contributed by atoms with Crippen molar-refractivity contribution in [3.05, 3.63) is 39.2 Å². The van der Waals surface area contributed by atoms with E-state index in [0.717, 1.165) is 16.8 Å². The highest BCUT2D eigenvalue weighted by molar-refractivity contribution is 7.10. The summed E-state index contributed by atoms with van der Waals surface area (Å²) >= 11 is 7.43. The lowest BCUT2D eigenvalue weighted by atomic mass is 10.1. The van der Waals surface area contributed by atoms with E-state index in [1.54, 1.807) is 0 Å². The third kappa shape index (κ3) is 2.84. The second kappa shape index (κ2) is 4.85. The van der Waals surface area contributed by atoms with Crippen LogP contribution in [0.3, 0.4) is 0 Å². The Hall–Kier alpha value is -1.39. The van der Waals surface area contributed by atoms with E-state index in [1.807, 2.05) is 30.5 Å². The Morgan fingerprint density at radius 2 is 2.29 bits per heavy atom. The zero-order valence-corrected chi connectivity index (χ0v) is 10.7. The molecule has 0 aliphatic carbocycles. The molecule has 3 nitrogen and oxygen atoms in total. The molecule has 1 aromatic heterocycles. The van der Waals surface area contributed by atoms with E-state index in [2.05, 4.69) is 4.98 Å². The largest absolute Gasteiger partial charge is 0.481 e. The SMILES string of the molecule is Cc1ccc(Cl)c(-c2csc(CC(=O)O)n2)c1. The fraction of sp³-hybridized carbons (Fsp3) is 0.167. The summed E-state index contributed by atoms with van der Waals surface area (Å²) in [5, 5.41) is 11.7. The molecule has 0 aliphatic rings. The average molecular weight is 268 g/mol. The van der Waals surface area contributed by atoms with Crippen LogP contribution in [-0.2, 0) is 11.2 Å². The number of aliphatic carboxylic acids is 1. The van der Waals surface area contributed by atoms with Crippen molar-refractivity contribution >= 4 is 28.9 Å². The van der Waals surface area contributed by atoms with Crippen LogP contribution in [0.4, 0.5) is 0 Å². The highest BCUT2D eigenvalue weighted by atomic mass is 35.5. The molecule has 0 saturated carbocycles. The van der Waals surface area contributed by atoms with E-state index in [0.29, 0.717) is 10.0 Å². The normalized spacial score (nSPS) is 10.5. The smallest absolute Gasteiger partial charge is 0.310 e. The van der Waals surface area contributed by atoms with Gasteiger partial charge in [-0.15, -0.1) is 11.3 Å². The topological polar surface area (TPSA) is 50.2 Å². The quantitative estimate of drug-likeness (QED) is 0.927. The number of thiazole rings is 1. The molecule has 0 aliphatic heterocycles. The molecule has 1 N–H and O–H groups in total. The van der Waals surface area contributed by atoms with Gasteiger partial charge in [0.25, 0.3) is 0 Å². The summed E-state index contributed by atoms with van der Waals surface area (Å²) in [6.07, 6.45) is -0.0475. The highest BCUT2D eigenvalue weighted by Crippen LogP contribution is 2.29. The van der Waals surface area contributed by atoms with Crippen molar-refractivity contribution < 1.29 is 9.90 Å². The molecule has 1 heterocycles. The summed E-state index contributed by atoms with van der Waals surface area (Å²) in [6, 6.07) is 5.70. The van der Waals surface area contributed by atoms with Gasteiger partial charge in [-0.3, -0.25) is 4.79 Å². The Balaban J connectivity index is 2.36. The van der Waals surface area contributed by atoms with Crippen LogP contribution in [0.5, 0.6) is 0 Å². The molecular formula is C12H10ClNO2S. The molecule has 2 rings (SSSR count). The fourth-order valence-corrected chi connectivity index (χ4v) is 2.48. The van der Waals surface area contributed by atoms with Crippen molar-refractivity contribution in [3.8, 4) is 11.3 Å². The number of aryl methyl sites for hydroxylation is 1. The van der Waals surface area contributed by atoms with E-state index in [-0.39, 0.29) is 6.42 Å². The molecular weight excluding hydrogens is 258 g/mol. The molecule has 0 radical (unpaired) electrons. The first-order valence-electron chi connectivity index (χ1n) is 4.99. The molecule has 88 valence electrons. The molecule has 0 bridgehead atoms. The molecule has 2 aromatic rings. The fourth-order valence-electron chi connectivity index (χ4n) is 1.48. The number of carboxylic acids is 1. The van der Waals surface area contributed by atoms with Crippen molar-refractivity contribution in [2.24, 2.45) is 0 Å². The average Bonchev–Trinajstić information content (AvgIpc) is 2.69. The maximum absolute atomic E-state index is 10.6. The van der Waals surface area contributed by atoms with Crippen LogP contribution < -0.4 is 0 Å². The van der Waals surface area contributed by atoms with Gasteiger partial charge in [-0.05, 0) is 19.1 Å². The lowest BCUT2D eigenvalue weighted by Crippen LogP contribution is -1.99. The van der Waals surface area contributed by atoms with Crippen LogP contribution in [0.25, 0.3) is 11.3 Å². The minimum Gasteiger partial charge on any atom is -0.481 e. The van der Waals surface area contributed by atoms with Gasteiger partial charge in [0.05, 0.1) is 17.1 Å². The number of rotatable bonds is 3. The summed E-state index contributed by atoms with van der Waals surface area (Å²) in [5.74, 6) is -0.874. The van der Waals surface area contributed by atoms with Gasteiger partial charge in [-0.1, -0.05) is 23.2 Å². The minimum atomic E-state index is -0.874. The summed E-state index contributed by atoms with van der Waals surface area (Å²) in [7, 11) is 0. The first-order chi connectivity index (χ1) is 8.06. The third-order valence-corrected chi connectivity index (χ3v) is 3.43. The molecule has 0 amide bonds. The van der Waals surface area contributed by atoms with E-state index >= 15 is 0 Å². The van der Waals surface area contributed by atoms with E-state index in [4.69, 9.17) is 16.7 Å². The van der Waals surface area contributed by atoms with Crippen molar-refractivity contribution in [1.29, 1.82) is 0 Å². The second-order valence-corrected chi connectivity index (χ2v) is 5.03. The highest BCUT2D eigenvalue weighted by Gasteiger charge is 2.10. The minimum absolute atomic E-state index is 0.0475. The monoisotopic (exact) mass is 267 g/mol. The number of carbonyl (C=O) groups is 1. The zero-order valence-electron chi connectivity index (χ0n) is 9.11. The molecule has 0 spiro atoms. The maximum atomic E-state index is 10.6. The van der Waals surface area contributed by atoms with Gasteiger partial charge in [-0.2, -0.15) is 0 Å². The first-order valence-corrected chi connectivity index (χ1v) is 6.25. The Kier molecular flexibility index (Phi) is 3.45. The van der Waals surface area contributed by atoms with Gasteiger partial charge < -0.3 is 5.11 Å². The van der Waals surface area contributed by atoms with Crippen LogP contribution in [-0.4, -0.2) is 16.1 Å². The Morgan fingerprint density at radius 3 is 3.00 bits per heavy atom. The zero-order chi connectivity index (χ0) is 12.4. The van der Waals surface area contributed by atoms with Gasteiger partial charge in [0.2, 0.25) is 0 Å². The number of benzene rings is 1. The number of halogens is 1. The third-order valence-electron chi connectivity index (χ3n) is 2.25. The standard InChI is InChI=1S/C12H10ClNO2S/c1-7-2-3-9(13)8(4-7)10-6-17-11(14-10)5-12(15)16/h2-4,6H,5H2,1H3,(H,15,16). The van der Waals surface area contributed by atoms with E-state index in [1.165, 1.54) is 11.3 Å². The lowest BCUT2D eigenvalue weighted by molar-refractivity contribution is -0.136. The summed E-state index contributed by atoms with van der Waals surface area (Å²) in [5.41, 5.74) is 2.68. The van der Waals surface area contributed by atoms with E-state index in [9.17, 15) is 4.79 Å². The van der Waals surface area contributed by atoms with Gasteiger partial charge in [0.15, 0.2) is 0 Å². The number of aromatic nitrogens is 1. The molecule has 0 unspecified atom stereocenters. The van der Waals surface area contributed by atoms with Crippen molar-refractivity contribution in [3.63, 3.8) is 0 Å². The molecule has 0 saturated heterocycles. The maximum Gasteiger partial charge on any atom is 0.310 e. The van der Waals surface area contributed by atoms with Crippen LogP contribution in [0.15, 0.2) is 23.6 Å². The Labute approximate surface area is 108 Å². The Bertz CT molecular complexity index is 565. The molecule has 0 atom stereocenters. The summed E-state index contributed by atoms with van der Waals surface area (Å²) < 4.78 is 0. The van der Waals surface area contributed by atoms with Gasteiger partial charge in [0, 0.05) is 10.9 Å². The van der Waals surface area contributed by atoms with Crippen LogP contribution >= 0.6 is 22.9 Å². The predicted molar refractivity (Wildman–Crippen MR) is 68.6 cm³/mol. The number of hydrogen-bond donors (Lipinski definition) is 1. The Morgan fingerprint density at radius 1 is 1.53 bits per heavy atom.